The molecule has 86 valence electrons. The molecule has 1 aliphatic heterocycles. The Morgan fingerprint density at radius 2 is 1.80 bits per heavy atom. The van der Waals surface area contributed by atoms with Crippen LogP contribution in [0.3, 0.4) is 0 Å². The quantitative estimate of drug-likeness (QED) is 0.741. The van der Waals surface area contributed by atoms with E-state index in [2.05, 4.69) is 13.8 Å². The number of rotatable bonds is 2. The first kappa shape index (κ1) is 11.8. The van der Waals surface area contributed by atoms with Gasteiger partial charge in [0.25, 0.3) is 0 Å². The number of Topliss-reactive ketones (excluding diaryl/α,β-unsaturated/α-hetero) is 1. The molecule has 0 N–H and O–H groups in total. The highest BCUT2D eigenvalue weighted by Gasteiger charge is 2.34. The second-order valence-corrected chi connectivity index (χ2v) is 7.75. The molecule has 0 spiro atoms. The Hall–Kier alpha value is 0.370. The molecule has 0 amide bonds. The second kappa shape index (κ2) is 5.13. The van der Waals surface area contributed by atoms with Gasteiger partial charge in [-0.05, 0) is 12.8 Å². The molecule has 2 rings (SSSR count). The van der Waals surface area contributed by atoms with Gasteiger partial charge in [-0.3, -0.25) is 4.79 Å². The third kappa shape index (κ3) is 2.73. The summed E-state index contributed by atoms with van der Waals surface area (Å²) in [6.45, 7) is 4.54. The Morgan fingerprint density at radius 3 is 2.40 bits per heavy atom. The van der Waals surface area contributed by atoms with Crippen LogP contribution >= 0.6 is 23.5 Å². The topological polar surface area (TPSA) is 17.1 Å². The predicted octanol–water partition coefficient (Wildman–Crippen LogP) is 3.37. The number of carbonyl (C=O) groups excluding carboxylic acids is 1. The highest BCUT2D eigenvalue weighted by molar-refractivity contribution is 8.08. The van der Waals surface area contributed by atoms with Crippen molar-refractivity contribution in [2.24, 2.45) is 5.92 Å². The van der Waals surface area contributed by atoms with Gasteiger partial charge in [0.1, 0.15) is 5.78 Å². The average molecular weight is 244 g/mol. The third-order valence-corrected chi connectivity index (χ3v) is 7.03. The number of hydrogen-bond acceptors (Lipinski definition) is 3. The number of thioether (sulfide) groups is 2. The summed E-state index contributed by atoms with van der Waals surface area (Å²) in [5.74, 6) is 2.01. The van der Waals surface area contributed by atoms with Crippen molar-refractivity contribution < 1.29 is 4.79 Å². The molecule has 3 unspecified atom stereocenters. The van der Waals surface area contributed by atoms with Crippen LogP contribution in [-0.2, 0) is 4.79 Å². The van der Waals surface area contributed by atoms with E-state index in [0.717, 1.165) is 18.6 Å². The number of hydrogen-bond donors (Lipinski definition) is 0. The van der Waals surface area contributed by atoms with Crippen molar-refractivity contribution in [1.82, 2.24) is 0 Å². The van der Waals surface area contributed by atoms with Gasteiger partial charge in [-0.2, -0.15) is 11.8 Å². The lowest BCUT2D eigenvalue weighted by Gasteiger charge is -2.31. The Bertz CT molecular complexity index is 236. The number of ketones is 1. The molecule has 1 aliphatic carbocycles. The van der Waals surface area contributed by atoms with E-state index in [1.165, 1.54) is 12.8 Å². The molecule has 2 aliphatic rings. The van der Waals surface area contributed by atoms with Gasteiger partial charge in [0.2, 0.25) is 0 Å². The van der Waals surface area contributed by atoms with Crippen molar-refractivity contribution in [3.05, 3.63) is 0 Å². The molecule has 0 aromatic heterocycles. The molecular formula is C12H20OS2. The van der Waals surface area contributed by atoms with E-state index >= 15 is 0 Å². The SMILES string of the molecule is CC1SCC(C(=O)C2CCCC2)SC1C. The highest BCUT2D eigenvalue weighted by atomic mass is 32.2. The Kier molecular flexibility index (Phi) is 4.05. The molecular weight excluding hydrogens is 224 g/mol. The van der Waals surface area contributed by atoms with Crippen molar-refractivity contribution in [3.63, 3.8) is 0 Å². The lowest BCUT2D eigenvalue weighted by atomic mass is 10.0. The lowest BCUT2D eigenvalue weighted by Crippen LogP contribution is -2.34. The first-order valence-corrected chi connectivity index (χ1v) is 7.98. The normalized spacial score (nSPS) is 38.1. The van der Waals surface area contributed by atoms with E-state index in [-0.39, 0.29) is 0 Å². The molecule has 1 heterocycles. The molecule has 2 fully saturated rings. The fourth-order valence-corrected chi connectivity index (χ4v) is 5.36. The minimum atomic E-state index is 0.296. The fraction of sp³-hybridized carbons (Fsp3) is 0.917. The minimum absolute atomic E-state index is 0.296. The first-order valence-electron chi connectivity index (χ1n) is 5.99. The monoisotopic (exact) mass is 244 g/mol. The van der Waals surface area contributed by atoms with Crippen LogP contribution < -0.4 is 0 Å². The van der Waals surface area contributed by atoms with Crippen LogP contribution in [-0.4, -0.2) is 27.3 Å². The van der Waals surface area contributed by atoms with Gasteiger partial charge < -0.3 is 0 Å². The van der Waals surface area contributed by atoms with E-state index < -0.39 is 0 Å². The highest BCUT2D eigenvalue weighted by Crippen LogP contribution is 2.39. The summed E-state index contributed by atoms with van der Waals surface area (Å²) in [5.41, 5.74) is 0. The van der Waals surface area contributed by atoms with Gasteiger partial charge in [0.15, 0.2) is 0 Å². The van der Waals surface area contributed by atoms with Crippen LogP contribution in [0.4, 0.5) is 0 Å². The van der Waals surface area contributed by atoms with Crippen LogP contribution in [0, 0.1) is 5.92 Å². The van der Waals surface area contributed by atoms with Crippen LogP contribution in [0.5, 0.6) is 0 Å². The summed E-state index contributed by atoms with van der Waals surface area (Å²) >= 11 is 3.90. The standard InChI is InChI=1S/C12H20OS2/c1-8-9(2)15-11(7-14-8)12(13)10-5-3-4-6-10/h8-11H,3-7H2,1-2H3. The summed E-state index contributed by atoms with van der Waals surface area (Å²) < 4.78 is 0. The lowest BCUT2D eigenvalue weighted by molar-refractivity contribution is -0.121. The average Bonchev–Trinajstić information content (AvgIpc) is 2.74. The van der Waals surface area contributed by atoms with Crippen molar-refractivity contribution >= 4 is 29.3 Å². The van der Waals surface area contributed by atoms with Gasteiger partial charge in [-0.1, -0.05) is 26.7 Å². The smallest absolute Gasteiger partial charge is 0.149 e. The minimum Gasteiger partial charge on any atom is -0.298 e. The fourth-order valence-electron chi connectivity index (χ4n) is 2.41. The van der Waals surface area contributed by atoms with Crippen LogP contribution in [0.2, 0.25) is 0 Å². The molecule has 1 saturated carbocycles. The largest absolute Gasteiger partial charge is 0.298 e. The Morgan fingerprint density at radius 1 is 1.13 bits per heavy atom. The van der Waals surface area contributed by atoms with E-state index in [4.69, 9.17) is 0 Å². The summed E-state index contributed by atoms with van der Waals surface area (Å²) in [4.78, 5) is 12.2. The maximum Gasteiger partial charge on any atom is 0.149 e. The summed E-state index contributed by atoms with van der Waals surface area (Å²) in [7, 11) is 0. The van der Waals surface area contributed by atoms with Crippen molar-refractivity contribution in [2.75, 3.05) is 5.75 Å². The van der Waals surface area contributed by atoms with Gasteiger partial charge >= 0.3 is 0 Å². The third-order valence-electron chi connectivity index (χ3n) is 3.63. The number of carbonyl (C=O) groups is 1. The zero-order chi connectivity index (χ0) is 10.8. The van der Waals surface area contributed by atoms with Crippen molar-refractivity contribution in [1.29, 1.82) is 0 Å². The van der Waals surface area contributed by atoms with E-state index in [9.17, 15) is 4.79 Å². The van der Waals surface area contributed by atoms with Crippen LogP contribution in [0.25, 0.3) is 0 Å². The van der Waals surface area contributed by atoms with E-state index in [1.54, 1.807) is 0 Å². The zero-order valence-electron chi connectivity index (χ0n) is 9.57. The molecule has 1 nitrogen and oxygen atoms in total. The molecule has 1 saturated heterocycles. The predicted molar refractivity (Wildman–Crippen MR) is 69.7 cm³/mol. The molecule has 3 heteroatoms. The molecule has 15 heavy (non-hydrogen) atoms. The Labute approximate surface area is 101 Å². The van der Waals surface area contributed by atoms with E-state index in [0.29, 0.717) is 27.5 Å². The van der Waals surface area contributed by atoms with Gasteiger partial charge in [-0.15, -0.1) is 11.8 Å². The molecule has 0 bridgehead atoms. The molecule has 0 aromatic rings. The molecule has 0 radical (unpaired) electrons. The molecule has 3 atom stereocenters. The van der Waals surface area contributed by atoms with Gasteiger partial charge in [-0.25, -0.2) is 0 Å². The van der Waals surface area contributed by atoms with Crippen LogP contribution in [0.15, 0.2) is 0 Å². The van der Waals surface area contributed by atoms with Gasteiger partial charge in [0.05, 0.1) is 5.25 Å². The van der Waals surface area contributed by atoms with E-state index in [1.807, 2.05) is 23.5 Å². The Balaban J connectivity index is 1.90. The maximum absolute atomic E-state index is 12.2. The van der Waals surface area contributed by atoms with Gasteiger partial charge in [0, 0.05) is 22.2 Å². The summed E-state index contributed by atoms with van der Waals surface area (Å²) in [6.07, 6.45) is 4.86. The van der Waals surface area contributed by atoms with Crippen molar-refractivity contribution in [2.45, 2.75) is 55.3 Å². The molecule has 0 aromatic carbocycles. The van der Waals surface area contributed by atoms with Crippen molar-refractivity contribution in [3.8, 4) is 0 Å². The summed E-state index contributed by atoms with van der Waals surface area (Å²) in [6, 6.07) is 0. The maximum atomic E-state index is 12.2. The van der Waals surface area contributed by atoms with Crippen LogP contribution in [0.1, 0.15) is 39.5 Å². The first-order chi connectivity index (χ1) is 7.18. The second-order valence-electron chi connectivity index (χ2n) is 4.75. The summed E-state index contributed by atoms with van der Waals surface area (Å²) in [5, 5.41) is 1.64. The zero-order valence-corrected chi connectivity index (χ0v) is 11.2.